The molecule has 0 saturated carbocycles. The first-order valence-corrected chi connectivity index (χ1v) is 12.0. The molecule has 0 N–H and O–H groups in total. The molecule has 4 rings (SSSR count). The maximum Gasteiger partial charge on any atom is 0.119 e. The first-order valence-electron chi connectivity index (χ1n) is 11.0. The van der Waals surface area contributed by atoms with E-state index in [4.69, 9.17) is 9.72 Å². The van der Waals surface area contributed by atoms with Crippen LogP contribution >= 0.6 is 11.8 Å². The maximum absolute atomic E-state index is 10.00. The third-order valence-corrected chi connectivity index (χ3v) is 6.31. The smallest absolute Gasteiger partial charge is 0.119 e. The Morgan fingerprint density at radius 1 is 0.848 bits per heavy atom. The Kier molecular flexibility index (Phi) is 7.44. The van der Waals surface area contributed by atoms with E-state index in [0.717, 1.165) is 45.3 Å². The first-order chi connectivity index (χ1) is 16.1. The van der Waals surface area contributed by atoms with Crippen LogP contribution in [0.3, 0.4) is 0 Å². The van der Waals surface area contributed by atoms with Crippen molar-refractivity contribution < 1.29 is 4.74 Å². The molecule has 0 aliphatic rings. The number of nitriles is 1. The minimum absolute atomic E-state index is 0.626. The molecule has 0 atom stereocenters. The Morgan fingerprint density at radius 2 is 1.48 bits per heavy atom. The molecule has 0 unspecified atom stereocenters. The highest BCUT2D eigenvalue weighted by molar-refractivity contribution is 7.99. The van der Waals surface area contributed by atoms with Crippen molar-refractivity contribution in [3.8, 4) is 34.2 Å². The van der Waals surface area contributed by atoms with Gasteiger partial charge >= 0.3 is 0 Å². The van der Waals surface area contributed by atoms with Gasteiger partial charge in [0.1, 0.15) is 16.8 Å². The van der Waals surface area contributed by atoms with Crippen molar-refractivity contribution in [1.82, 2.24) is 4.98 Å². The molecule has 4 heteroatoms. The van der Waals surface area contributed by atoms with Crippen LogP contribution in [0.2, 0.25) is 0 Å². The van der Waals surface area contributed by atoms with Crippen molar-refractivity contribution in [2.75, 3.05) is 12.4 Å². The lowest BCUT2D eigenvalue weighted by atomic mass is 9.99. The molecule has 3 nitrogen and oxygen atoms in total. The van der Waals surface area contributed by atoms with E-state index in [1.54, 1.807) is 11.8 Å². The van der Waals surface area contributed by atoms with Crippen LogP contribution < -0.4 is 4.74 Å². The van der Waals surface area contributed by atoms with Crippen LogP contribution in [-0.4, -0.2) is 17.3 Å². The van der Waals surface area contributed by atoms with Gasteiger partial charge in [0.2, 0.25) is 0 Å². The zero-order valence-corrected chi connectivity index (χ0v) is 19.7. The number of thioether (sulfide) groups is 1. The van der Waals surface area contributed by atoms with E-state index in [1.807, 2.05) is 54.6 Å². The highest BCUT2D eigenvalue weighted by Gasteiger charge is 2.15. The number of rotatable bonds is 8. The van der Waals surface area contributed by atoms with Gasteiger partial charge in [-0.15, -0.1) is 11.8 Å². The van der Waals surface area contributed by atoms with Gasteiger partial charge in [-0.3, -0.25) is 0 Å². The van der Waals surface area contributed by atoms with Gasteiger partial charge in [-0.25, -0.2) is 4.98 Å². The SMILES string of the molecule is Cc1cc(C)cc(OCCCSc2nc(-c3ccccc3)cc(-c3ccccc3)c2C#N)c1. The molecule has 0 fully saturated rings. The number of benzene rings is 3. The summed E-state index contributed by atoms with van der Waals surface area (Å²) in [5.41, 5.74) is 6.89. The van der Waals surface area contributed by atoms with Crippen molar-refractivity contribution in [3.05, 3.63) is 102 Å². The summed E-state index contributed by atoms with van der Waals surface area (Å²) in [7, 11) is 0. The highest BCUT2D eigenvalue weighted by Crippen LogP contribution is 2.34. The standard InChI is InChI=1S/C29H26N2OS/c1-21-16-22(2)18-25(17-21)32-14-9-15-33-29-27(20-30)26(23-10-5-3-6-11-23)19-28(31-29)24-12-7-4-8-13-24/h3-8,10-13,16-19H,9,14-15H2,1-2H3. The summed E-state index contributed by atoms with van der Waals surface area (Å²) >= 11 is 1.62. The summed E-state index contributed by atoms with van der Waals surface area (Å²) in [5, 5.41) is 10.8. The van der Waals surface area contributed by atoms with Gasteiger partial charge in [-0.1, -0.05) is 66.7 Å². The Bertz CT molecular complexity index is 1240. The van der Waals surface area contributed by atoms with E-state index in [2.05, 4.69) is 50.2 Å². The van der Waals surface area contributed by atoms with E-state index < -0.39 is 0 Å². The molecule has 164 valence electrons. The summed E-state index contributed by atoms with van der Waals surface area (Å²) in [5.74, 6) is 1.73. The second-order valence-electron chi connectivity index (χ2n) is 7.95. The lowest BCUT2D eigenvalue weighted by molar-refractivity contribution is 0.318. The predicted octanol–water partition coefficient (Wildman–Crippen LogP) is 7.47. The zero-order chi connectivity index (χ0) is 23.0. The van der Waals surface area contributed by atoms with Crippen LogP contribution in [0.5, 0.6) is 5.75 Å². The van der Waals surface area contributed by atoms with Crippen molar-refractivity contribution in [2.24, 2.45) is 0 Å². The monoisotopic (exact) mass is 450 g/mol. The summed E-state index contributed by atoms with van der Waals surface area (Å²) in [6.07, 6.45) is 0.862. The number of aryl methyl sites for hydroxylation is 2. The summed E-state index contributed by atoms with van der Waals surface area (Å²) in [6, 6.07) is 30.9. The average molecular weight is 451 g/mol. The van der Waals surface area contributed by atoms with Gasteiger partial charge in [-0.05, 0) is 55.2 Å². The molecular weight excluding hydrogens is 424 g/mol. The largest absolute Gasteiger partial charge is 0.494 e. The summed E-state index contributed by atoms with van der Waals surface area (Å²) < 4.78 is 5.95. The molecule has 4 aromatic rings. The molecule has 1 aromatic heterocycles. The van der Waals surface area contributed by atoms with Gasteiger partial charge in [-0.2, -0.15) is 5.26 Å². The third kappa shape index (κ3) is 5.83. The predicted molar refractivity (Wildman–Crippen MR) is 137 cm³/mol. The van der Waals surface area contributed by atoms with Crippen molar-refractivity contribution in [1.29, 1.82) is 5.26 Å². The second kappa shape index (κ2) is 10.8. The second-order valence-corrected chi connectivity index (χ2v) is 9.04. The van der Waals surface area contributed by atoms with Crippen LogP contribution in [-0.2, 0) is 0 Å². The highest BCUT2D eigenvalue weighted by atomic mass is 32.2. The first kappa shape index (κ1) is 22.6. The number of hydrogen-bond acceptors (Lipinski definition) is 4. The lowest BCUT2D eigenvalue weighted by Gasteiger charge is -2.13. The van der Waals surface area contributed by atoms with Crippen LogP contribution in [0, 0.1) is 25.2 Å². The molecule has 0 aliphatic carbocycles. The topological polar surface area (TPSA) is 45.9 Å². The fourth-order valence-corrected chi connectivity index (χ4v) is 4.69. The molecule has 0 bridgehead atoms. The Morgan fingerprint density at radius 3 is 2.12 bits per heavy atom. The number of pyridine rings is 1. The van der Waals surface area contributed by atoms with E-state index in [0.29, 0.717) is 12.2 Å². The van der Waals surface area contributed by atoms with Gasteiger partial charge in [0, 0.05) is 16.9 Å². The van der Waals surface area contributed by atoms with E-state index >= 15 is 0 Å². The number of nitrogens with zero attached hydrogens (tertiary/aromatic N) is 2. The fourth-order valence-electron chi connectivity index (χ4n) is 3.77. The number of hydrogen-bond donors (Lipinski definition) is 0. The molecule has 0 radical (unpaired) electrons. The van der Waals surface area contributed by atoms with Gasteiger partial charge in [0.15, 0.2) is 0 Å². The number of ether oxygens (including phenoxy) is 1. The van der Waals surface area contributed by atoms with E-state index in [9.17, 15) is 5.26 Å². The van der Waals surface area contributed by atoms with E-state index in [1.165, 1.54) is 11.1 Å². The summed E-state index contributed by atoms with van der Waals surface area (Å²) in [6.45, 7) is 4.78. The van der Waals surface area contributed by atoms with E-state index in [-0.39, 0.29) is 0 Å². The molecular formula is C29H26N2OS. The van der Waals surface area contributed by atoms with Crippen molar-refractivity contribution in [3.63, 3.8) is 0 Å². The van der Waals surface area contributed by atoms with Gasteiger partial charge in [0.25, 0.3) is 0 Å². The molecule has 0 aliphatic heterocycles. The fraction of sp³-hybridized carbons (Fsp3) is 0.172. The van der Waals surface area contributed by atoms with Crippen LogP contribution in [0.25, 0.3) is 22.4 Å². The lowest BCUT2D eigenvalue weighted by Crippen LogP contribution is -2.01. The number of aromatic nitrogens is 1. The molecule has 0 amide bonds. The van der Waals surface area contributed by atoms with Crippen LogP contribution in [0.1, 0.15) is 23.1 Å². The zero-order valence-electron chi connectivity index (χ0n) is 18.9. The van der Waals surface area contributed by atoms with Crippen molar-refractivity contribution in [2.45, 2.75) is 25.3 Å². The molecule has 33 heavy (non-hydrogen) atoms. The van der Waals surface area contributed by atoms with Crippen LogP contribution in [0.4, 0.5) is 0 Å². The Balaban J connectivity index is 1.54. The third-order valence-electron chi connectivity index (χ3n) is 5.24. The average Bonchev–Trinajstić information content (AvgIpc) is 2.84. The molecule has 0 spiro atoms. The maximum atomic E-state index is 10.00. The minimum atomic E-state index is 0.626. The quantitative estimate of drug-likeness (QED) is 0.206. The minimum Gasteiger partial charge on any atom is -0.494 e. The van der Waals surface area contributed by atoms with Gasteiger partial charge in [0.05, 0.1) is 17.9 Å². The Labute approximate surface area is 200 Å². The van der Waals surface area contributed by atoms with Crippen LogP contribution in [0.15, 0.2) is 90.0 Å². The molecule has 3 aromatic carbocycles. The molecule has 0 saturated heterocycles. The molecule has 1 heterocycles. The van der Waals surface area contributed by atoms with Crippen molar-refractivity contribution >= 4 is 11.8 Å². The van der Waals surface area contributed by atoms with Gasteiger partial charge < -0.3 is 4.74 Å². The summed E-state index contributed by atoms with van der Waals surface area (Å²) in [4.78, 5) is 4.88. The normalized spacial score (nSPS) is 10.6. The Hall–Kier alpha value is -3.55.